The summed E-state index contributed by atoms with van der Waals surface area (Å²) in [6, 6.07) is 6.98. The zero-order valence-electron chi connectivity index (χ0n) is 15.2. The predicted octanol–water partition coefficient (Wildman–Crippen LogP) is 2.49. The Bertz CT molecular complexity index is 648. The van der Waals surface area contributed by atoms with Crippen molar-refractivity contribution in [2.75, 3.05) is 39.8 Å². The third-order valence-corrected chi connectivity index (χ3v) is 4.71. The van der Waals surface area contributed by atoms with E-state index in [-0.39, 0.29) is 18.2 Å². The van der Waals surface area contributed by atoms with Crippen LogP contribution in [0.4, 0.5) is 18.0 Å². The topological polar surface area (TPSA) is 54.0 Å². The van der Waals surface area contributed by atoms with E-state index in [1.54, 1.807) is 7.05 Å². The molecule has 2 heterocycles. The summed E-state index contributed by atoms with van der Waals surface area (Å²) in [4.78, 5) is 15.3. The van der Waals surface area contributed by atoms with Crippen LogP contribution >= 0.6 is 0 Å². The zero-order valence-corrected chi connectivity index (χ0v) is 15.2. The summed E-state index contributed by atoms with van der Waals surface area (Å²) in [6.45, 7) is 0.459. The van der Waals surface area contributed by atoms with Crippen LogP contribution in [0.25, 0.3) is 0 Å². The van der Waals surface area contributed by atoms with Gasteiger partial charge in [0.2, 0.25) is 0 Å². The summed E-state index contributed by atoms with van der Waals surface area (Å²) in [7, 11) is 1.66. The summed E-state index contributed by atoms with van der Waals surface area (Å²) in [6.07, 6.45) is -3.45. The van der Waals surface area contributed by atoms with E-state index in [0.29, 0.717) is 50.6 Å². The number of piperidine rings is 1. The molecule has 6 nitrogen and oxygen atoms in total. The van der Waals surface area contributed by atoms with Gasteiger partial charge in [0.25, 0.3) is 0 Å². The monoisotopic (exact) mass is 387 g/mol. The van der Waals surface area contributed by atoms with E-state index in [9.17, 15) is 18.0 Å². The average Bonchev–Trinajstić information content (AvgIpc) is 2.62. The molecule has 0 aliphatic carbocycles. The minimum absolute atomic E-state index is 0.117. The summed E-state index contributed by atoms with van der Waals surface area (Å²) in [5.41, 5.74) is 0. The number of carbonyl (C=O) groups is 1. The fourth-order valence-corrected chi connectivity index (χ4v) is 3.32. The molecular formula is C18H24F3N3O3. The maximum absolute atomic E-state index is 12.4. The van der Waals surface area contributed by atoms with Crippen molar-refractivity contribution in [1.82, 2.24) is 15.1 Å². The molecule has 0 unspecified atom stereocenters. The number of benzene rings is 1. The molecule has 2 aliphatic heterocycles. The van der Waals surface area contributed by atoms with Gasteiger partial charge in [-0.1, -0.05) is 12.1 Å². The van der Waals surface area contributed by atoms with E-state index < -0.39 is 12.7 Å². The lowest BCUT2D eigenvalue weighted by Crippen LogP contribution is -2.51. The molecule has 0 saturated carbocycles. The molecular weight excluding hydrogens is 363 g/mol. The number of carbonyl (C=O) groups excluding carboxylic acids is 1. The summed E-state index contributed by atoms with van der Waals surface area (Å²) in [5, 5.41) is 2.89. The van der Waals surface area contributed by atoms with Gasteiger partial charge in [0, 0.05) is 26.2 Å². The Morgan fingerprint density at radius 1 is 1.26 bits per heavy atom. The van der Waals surface area contributed by atoms with Crippen molar-refractivity contribution < 1.29 is 27.4 Å². The minimum atomic E-state index is -4.18. The number of ether oxygens (including phenoxy) is 2. The van der Waals surface area contributed by atoms with Crippen LogP contribution < -0.4 is 14.8 Å². The number of halogens is 3. The number of likely N-dealkylation sites (N-methyl/N-ethyl adjacent to an activating group) is 1. The summed E-state index contributed by atoms with van der Waals surface area (Å²) in [5.74, 6) is 1.34. The molecule has 1 fully saturated rings. The number of amides is 2. The first-order chi connectivity index (χ1) is 12.8. The van der Waals surface area contributed by atoms with Crippen LogP contribution in [0, 0.1) is 0 Å². The first-order valence-corrected chi connectivity index (χ1v) is 8.99. The lowest BCUT2D eigenvalue weighted by atomic mass is 10.1. The second kappa shape index (κ2) is 8.24. The molecule has 1 aromatic carbocycles. The van der Waals surface area contributed by atoms with Crippen LogP contribution in [0.2, 0.25) is 0 Å². The van der Waals surface area contributed by atoms with Crippen molar-refractivity contribution in [3.8, 4) is 11.5 Å². The van der Waals surface area contributed by atoms with Gasteiger partial charge in [-0.05, 0) is 25.0 Å². The molecule has 1 saturated heterocycles. The van der Waals surface area contributed by atoms with E-state index >= 15 is 0 Å². The lowest BCUT2D eigenvalue weighted by Gasteiger charge is -2.34. The number of para-hydroxylation sites is 2. The molecule has 1 N–H and O–H groups in total. The van der Waals surface area contributed by atoms with Crippen molar-refractivity contribution in [2.45, 2.75) is 31.2 Å². The number of nitrogens with one attached hydrogen (secondary N) is 1. The Balaban J connectivity index is 1.41. The number of hydrogen-bond donors (Lipinski definition) is 1. The van der Waals surface area contributed by atoms with Gasteiger partial charge in [-0.3, -0.25) is 4.90 Å². The number of rotatable bonds is 4. The SMILES string of the molecule is CN(C[C@H]1COc2ccccc2O1)C(=O)NC1CCN(CC(F)(F)F)CC1. The molecule has 3 rings (SSSR count). The highest BCUT2D eigenvalue weighted by molar-refractivity contribution is 5.74. The van der Waals surface area contributed by atoms with Crippen molar-refractivity contribution in [2.24, 2.45) is 0 Å². The van der Waals surface area contributed by atoms with Crippen LogP contribution in [-0.4, -0.2) is 74.0 Å². The second-order valence-corrected chi connectivity index (χ2v) is 6.99. The molecule has 0 aromatic heterocycles. The molecule has 9 heteroatoms. The third kappa shape index (κ3) is 5.66. The lowest BCUT2D eigenvalue weighted by molar-refractivity contribution is -0.148. The number of hydrogen-bond acceptors (Lipinski definition) is 4. The Morgan fingerprint density at radius 2 is 1.93 bits per heavy atom. The highest BCUT2D eigenvalue weighted by Gasteiger charge is 2.33. The molecule has 1 atom stereocenters. The van der Waals surface area contributed by atoms with E-state index in [4.69, 9.17) is 9.47 Å². The Labute approximate surface area is 156 Å². The second-order valence-electron chi connectivity index (χ2n) is 6.99. The van der Waals surface area contributed by atoms with Crippen molar-refractivity contribution in [1.29, 1.82) is 0 Å². The molecule has 27 heavy (non-hydrogen) atoms. The van der Waals surface area contributed by atoms with Crippen molar-refractivity contribution in [3.05, 3.63) is 24.3 Å². The van der Waals surface area contributed by atoms with E-state index in [0.717, 1.165) is 0 Å². The quantitative estimate of drug-likeness (QED) is 0.863. The van der Waals surface area contributed by atoms with Gasteiger partial charge >= 0.3 is 12.2 Å². The summed E-state index contributed by atoms with van der Waals surface area (Å²) < 4.78 is 48.8. The van der Waals surface area contributed by atoms with Crippen LogP contribution in [0.15, 0.2) is 24.3 Å². The fraction of sp³-hybridized carbons (Fsp3) is 0.611. The van der Waals surface area contributed by atoms with Gasteiger partial charge < -0.3 is 19.7 Å². The van der Waals surface area contributed by atoms with Crippen molar-refractivity contribution in [3.63, 3.8) is 0 Å². The maximum Gasteiger partial charge on any atom is 0.401 e. The van der Waals surface area contributed by atoms with Crippen LogP contribution in [0.5, 0.6) is 11.5 Å². The first-order valence-electron chi connectivity index (χ1n) is 8.99. The molecule has 0 radical (unpaired) electrons. The Kier molecular flexibility index (Phi) is 5.98. The normalized spacial score (nSPS) is 21.0. The highest BCUT2D eigenvalue weighted by Crippen LogP contribution is 2.31. The summed E-state index contributed by atoms with van der Waals surface area (Å²) >= 11 is 0. The van der Waals surface area contributed by atoms with E-state index in [2.05, 4.69) is 5.32 Å². The smallest absolute Gasteiger partial charge is 0.401 e. The number of alkyl halides is 3. The number of likely N-dealkylation sites (tertiary alicyclic amines) is 1. The maximum atomic E-state index is 12.4. The van der Waals surface area contributed by atoms with Gasteiger partial charge in [-0.2, -0.15) is 13.2 Å². The largest absolute Gasteiger partial charge is 0.486 e. The van der Waals surface area contributed by atoms with Gasteiger partial charge in [0.15, 0.2) is 17.6 Å². The minimum Gasteiger partial charge on any atom is -0.486 e. The molecule has 0 spiro atoms. The predicted molar refractivity (Wildman–Crippen MR) is 93.0 cm³/mol. The number of nitrogens with zero attached hydrogens (tertiary/aromatic N) is 2. The molecule has 2 aliphatic rings. The first kappa shape index (κ1) is 19.6. The standard InChI is InChI=1S/C18H24F3N3O3/c1-23(10-14-11-26-15-4-2-3-5-16(15)27-14)17(25)22-13-6-8-24(9-7-13)12-18(19,20)21/h2-5,13-14H,6-12H2,1H3,(H,22,25)/t14-/m0/s1. The van der Waals surface area contributed by atoms with E-state index in [1.165, 1.54) is 9.80 Å². The Morgan fingerprint density at radius 3 is 2.59 bits per heavy atom. The van der Waals surface area contributed by atoms with Gasteiger partial charge in [-0.25, -0.2) is 4.79 Å². The highest BCUT2D eigenvalue weighted by atomic mass is 19.4. The van der Waals surface area contributed by atoms with Gasteiger partial charge in [0.1, 0.15) is 6.61 Å². The molecule has 150 valence electrons. The van der Waals surface area contributed by atoms with Crippen LogP contribution in [0.1, 0.15) is 12.8 Å². The van der Waals surface area contributed by atoms with Crippen molar-refractivity contribution >= 4 is 6.03 Å². The molecule has 1 aromatic rings. The molecule has 2 amide bonds. The van der Waals surface area contributed by atoms with Gasteiger partial charge in [0.05, 0.1) is 13.1 Å². The molecule has 0 bridgehead atoms. The van der Waals surface area contributed by atoms with Crippen LogP contribution in [0.3, 0.4) is 0 Å². The number of fused-ring (bicyclic) bond motifs is 1. The third-order valence-electron chi connectivity index (χ3n) is 4.71. The fourth-order valence-electron chi connectivity index (χ4n) is 3.32. The number of urea groups is 1. The zero-order chi connectivity index (χ0) is 19.4. The van der Waals surface area contributed by atoms with Crippen LogP contribution in [-0.2, 0) is 0 Å². The van der Waals surface area contributed by atoms with E-state index in [1.807, 2.05) is 24.3 Å². The van der Waals surface area contributed by atoms with Gasteiger partial charge in [-0.15, -0.1) is 0 Å². The average molecular weight is 387 g/mol. The Hall–Kier alpha value is -2.16.